The van der Waals surface area contributed by atoms with Crippen molar-refractivity contribution in [1.29, 1.82) is 0 Å². The highest BCUT2D eigenvalue weighted by Gasteiger charge is 2.39. The summed E-state index contributed by atoms with van der Waals surface area (Å²) in [5.74, 6) is 0. The summed E-state index contributed by atoms with van der Waals surface area (Å²) in [6.07, 6.45) is 2.30. The van der Waals surface area contributed by atoms with E-state index in [0.29, 0.717) is 0 Å². The summed E-state index contributed by atoms with van der Waals surface area (Å²) in [7, 11) is 0. The van der Waals surface area contributed by atoms with Gasteiger partial charge in [0.2, 0.25) is 0 Å². The summed E-state index contributed by atoms with van der Waals surface area (Å²) in [4.78, 5) is 0. The second-order valence-corrected chi connectivity index (χ2v) is 3.94. The van der Waals surface area contributed by atoms with Crippen molar-refractivity contribution in [1.82, 2.24) is 5.32 Å². The molecule has 2 aliphatic heterocycles. The quantitative estimate of drug-likeness (QED) is 0.639. The van der Waals surface area contributed by atoms with Crippen LogP contribution in [0.3, 0.4) is 0 Å². The van der Waals surface area contributed by atoms with Crippen LogP contribution in [-0.4, -0.2) is 25.3 Å². The van der Waals surface area contributed by atoms with Crippen LogP contribution in [0, 0.1) is 0 Å². The van der Waals surface area contributed by atoms with Gasteiger partial charge in [-0.05, 0) is 50.9 Å². The van der Waals surface area contributed by atoms with Crippen LogP contribution in [0.2, 0.25) is 0 Å². The first-order chi connectivity index (χ1) is 7.75. The molecule has 2 heterocycles. The van der Waals surface area contributed by atoms with Crippen molar-refractivity contribution >= 4 is 0 Å². The molecule has 1 fully saturated rings. The molecule has 0 radical (unpaired) electrons. The van der Waals surface area contributed by atoms with Crippen molar-refractivity contribution in [3.05, 3.63) is 11.1 Å². The zero-order valence-electron chi connectivity index (χ0n) is 11.9. The smallest absolute Gasteiger partial charge is 0.0920 e. The van der Waals surface area contributed by atoms with Crippen LogP contribution in [0.1, 0.15) is 54.4 Å². The first kappa shape index (κ1) is 15.7. The lowest BCUT2D eigenvalue weighted by atomic mass is 9.85. The molecule has 96 valence electrons. The minimum absolute atomic E-state index is 0.120. The highest BCUT2D eigenvalue weighted by Crippen LogP contribution is 2.37. The number of rotatable bonds is 0. The van der Waals surface area contributed by atoms with Gasteiger partial charge in [0, 0.05) is 0 Å². The Morgan fingerprint density at radius 1 is 1.00 bits per heavy atom. The van der Waals surface area contributed by atoms with Crippen LogP contribution in [0.4, 0.5) is 0 Å². The second-order valence-electron chi connectivity index (χ2n) is 3.94. The largest absolute Gasteiger partial charge is 0.366 e. The molecule has 16 heavy (non-hydrogen) atoms. The Kier molecular flexibility index (Phi) is 7.69. The molecule has 1 spiro atoms. The van der Waals surface area contributed by atoms with Crippen LogP contribution in [-0.2, 0) is 4.74 Å². The van der Waals surface area contributed by atoms with Gasteiger partial charge in [0.15, 0.2) is 0 Å². The first-order valence-electron chi connectivity index (χ1n) is 6.76. The van der Waals surface area contributed by atoms with Crippen molar-refractivity contribution in [3.8, 4) is 0 Å². The van der Waals surface area contributed by atoms with E-state index in [2.05, 4.69) is 19.2 Å². The van der Waals surface area contributed by atoms with Gasteiger partial charge in [-0.15, -0.1) is 0 Å². The maximum absolute atomic E-state index is 5.89. The van der Waals surface area contributed by atoms with E-state index in [9.17, 15) is 0 Å². The molecule has 0 unspecified atom stereocenters. The zero-order valence-corrected chi connectivity index (χ0v) is 11.9. The second kappa shape index (κ2) is 7.86. The van der Waals surface area contributed by atoms with Gasteiger partial charge in [0.25, 0.3) is 0 Å². The summed E-state index contributed by atoms with van der Waals surface area (Å²) >= 11 is 0. The molecule has 2 heteroatoms. The molecule has 1 saturated heterocycles. The van der Waals surface area contributed by atoms with Crippen LogP contribution < -0.4 is 5.32 Å². The molecule has 0 saturated carbocycles. The van der Waals surface area contributed by atoms with Gasteiger partial charge in [-0.3, -0.25) is 0 Å². The van der Waals surface area contributed by atoms with Crippen molar-refractivity contribution in [2.24, 2.45) is 0 Å². The fourth-order valence-electron chi connectivity index (χ4n) is 2.20. The monoisotopic (exact) mass is 227 g/mol. The van der Waals surface area contributed by atoms with Gasteiger partial charge in [-0.1, -0.05) is 27.7 Å². The third-order valence-electron chi connectivity index (χ3n) is 3.30. The van der Waals surface area contributed by atoms with Crippen LogP contribution >= 0.6 is 0 Å². The van der Waals surface area contributed by atoms with Crippen molar-refractivity contribution < 1.29 is 4.74 Å². The molecule has 0 aliphatic carbocycles. The fraction of sp³-hybridized carbons (Fsp3) is 0.857. The third kappa shape index (κ3) is 3.33. The third-order valence-corrected chi connectivity index (χ3v) is 3.30. The van der Waals surface area contributed by atoms with Crippen molar-refractivity contribution in [2.45, 2.75) is 60.0 Å². The molecule has 2 nitrogen and oxygen atoms in total. The van der Waals surface area contributed by atoms with Gasteiger partial charge in [0.05, 0.1) is 12.2 Å². The predicted molar refractivity (Wildman–Crippen MR) is 71.9 cm³/mol. The van der Waals surface area contributed by atoms with E-state index in [1.54, 1.807) is 0 Å². The summed E-state index contributed by atoms with van der Waals surface area (Å²) in [5, 5.41) is 3.37. The van der Waals surface area contributed by atoms with Gasteiger partial charge < -0.3 is 10.1 Å². The zero-order chi connectivity index (χ0) is 12.6. The van der Waals surface area contributed by atoms with Crippen LogP contribution in [0.25, 0.3) is 0 Å². The number of hydrogen-bond donors (Lipinski definition) is 1. The minimum Gasteiger partial charge on any atom is -0.366 e. The lowest BCUT2D eigenvalue weighted by Gasteiger charge is -2.34. The van der Waals surface area contributed by atoms with Crippen LogP contribution in [0.5, 0.6) is 0 Å². The number of piperidine rings is 1. The van der Waals surface area contributed by atoms with Gasteiger partial charge in [0.1, 0.15) is 0 Å². The molecule has 0 aromatic rings. The standard InChI is InChI=1S/C10H17NO.2C2H6/c1-8-7-12-10(9(8)2)3-5-11-6-4-10;2*1-2/h11H,3-7H2,1-2H3;2*1-2H3. The van der Waals surface area contributed by atoms with Gasteiger partial charge >= 0.3 is 0 Å². The molecule has 0 aromatic carbocycles. The first-order valence-corrected chi connectivity index (χ1v) is 6.76. The van der Waals surface area contributed by atoms with E-state index >= 15 is 0 Å². The normalized spacial score (nSPS) is 22.1. The summed E-state index contributed by atoms with van der Waals surface area (Å²) in [6.45, 7) is 15.5. The Balaban J connectivity index is 0.000000509. The molecule has 0 bridgehead atoms. The molecule has 0 atom stereocenters. The molecule has 2 aliphatic rings. The average Bonchev–Trinajstić information content (AvgIpc) is 2.65. The highest BCUT2D eigenvalue weighted by atomic mass is 16.5. The number of nitrogens with one attached hydrogen (secondary N) is 1. The SMILES string of the molecule is CC.CC.CC1=C(C)C2(CCNCC2)OC1. The lowest BCUT2D eigenvalue weighted by molar-refractivity contribution is -0.00582. The summed E-state index contributed by atoms with van der Waals surface area (Å²) in [6, 6.07) is 0. The van der Waals surface area contributed by atoms with E-state index in [4.69, 9.17) is 4.74 Å². The van der Waals surface area contributed by atoms with E-state index < -0.39 is 0 Å². The lowest BCUT2D eigenvalue weighted by Crippen LogP contribution is -2.42. The number of ether oxygens (including phenoxy) is 1. The van der Waals surface area contributed by atoms with Crippen molar-refractivity contribution in [3.63, 3.8) is 0 Å². The van der Waals surface area contributed by atoms with E-state index in [1.165, 1.54) is 11.1 Å². The molecular formula is C14H29NO. The predicted octanol–water partition coefficient (Wildman–Crippen LogP) is 3.53. The summed E-state index contributed by atoms with van der Waals surface area (Å²) in [5.41, 5.74) is 3.05. The highest BCUT2D eigenvalue weighted by molar-refractivity contribution is 5.27. The van der Waals surface area contributed by atoms with Crippen molar-refractivity contribution in [2.75, 3.05) is 19.7 Å². The molecular weight excluding hydrogens is 198 g/mol. The van der Waals surface area contributed by atoms with E-state index in [0.717, 1.165) is 32.5 Å². The summed E-state index contributed by atoms with van der Waals surface area (Å²) < 4.78 is 5.89. The van der Waals surface area contributed by atoms with Gasteiger partial charge in [-0.2, -0.15) is 0 Å². The van der Waals surface area contributed by atoms with Gasteiger partial charge in [-0.25, -0.2) is 0 Å². The Labute approximate surface area is 101 Å². The fourth-order valence-corrected chi connectivity index (χ4v) is 2.20. The maximum atomic E-state index is 5.89. The maximum Gasteiger partial charge on any atom is 0.0920 e. The Hall–Kier alpha value is -0.340. The topological polar surface area (TPSA) is 21.3 Å². The van der Waals surface area contributed by atoms with E-state index in [1.807, 2.05) is 27.7 Å². The molecule has 0 amide bonds. The minimum atomic E-state index is 0.120. The average molecular weight is 227 g/mol. The van der Waals surface area contributed by atoms with E-state index in [-0.39, 0.29) is 5.60 Å². The Morgan fingerprint density at radius 2 is 1.50 bits per heavy atom. The molecule has 2 rings (SSSR count). The Bertz CT molecular complexity index is 215. The molecule has 0 aromatic heterocycles. The molecule has 1 N–H and O–H groups in total. The van der Waals surface area contributed by atoms with Crippen LogP contribution in [0.15, 0.2) is 11.1 Å². The Morgan fingerprint density at radius 3 is 1.88 bits per heavy atom. The number of hydrogen-bond acceptors (Lipinski definition) is 2.